The number of non-ortho nitro benzene ring substituents is 1. The first-order valence-corrected chi connectivity index (χ1v) is 9.92. The Bertz CT molecular complexity index is 896. The summed E-state index contributed by atoms with van der Waals surface area (Å²) in [7, 11) is -3.44. The van der Waals surface area contributed by atoms with Gasteiger partial charge in [0.2, 0.25) is 10.0 Å². The summed E-state index contributed by atoms with van der Waals surface area (Å²) in [5, 5.41) is 13.9. The molecule has 2 aromatic rings. The number of nitro benzene ring substituents is 1. The molecule has 0 spiro atoms. The maximum atomic E-state index is 12.1. The van der Waals surface area contributed by atoms with E-state index >= 15 is 0 Å². The van der Waals surface area contributed by atoms with Gasteiger partial charge in [-0.15, -0.1) is 0 Å². The van der Waals surface area contributed by atoms with Gasteiger partial charge in [-0.2, -0.15) is 0 Å². The molecule has 1 aliphatic rings. The summed E-state index contributed by atoms with van der Waals surface area (Å²) in [4.78, 5) is 10.5. The molecule has 0 aromatic heterocycles. The third-order valence-corrected chi connectivity index (χ3v) is 5.97. The van der Waals surface area contributed by atoms with Crippen molar-refractivity contribution in [1.29, 1.82) is 0 Å². The Labute approximate surface area is 153 Å². The molecule has 0 bridgehead atoms. The normalized spacial score (nSPS) is 14.3. The van der Waals surface area contributed by atoms with Gasteiger partial charge in [0, 0.05) is 34.9 Å². The third kappa shape index (κ3) is 4.56. The fourth-order valence-electron chi connectivity index (χ4n) is 2.23. The minimum atomic E-state index is -3.44. The summed E-state index contributed by atoms with van der Waals surface area (Å²) in [5.74, 6) is 0. The molecule has 0 unspecified atom stereocenters. The largest absolute Gasteiger partial charge is 0.380 e. The average molecular weight is 426 g/mol. The molecule has 1 saturated carbocycles. The summed E-state index contributed by atoms with van der Waals surface area (Å²) in [6.45, 7) is 0.465. The first-order valence-electron chi connectivity index (χ1n) is 7.64. The minimum absolute atomic E-state index is 0.00940. The molecule has 0 radical (unpaired) electrons. The molecule has 1 fully saturated rings. The lowest BCUT2D eigenvalue weighted by Crippen LogP contribution is -2.25. The van der Waals surface area contributed by atoms with Crippen LogP contribution in [0.5, 0.6) is 0 Å². The molecule has 132 valence electrons. The zero-order valence-electron chi connectivity index (χ0n) is 13.1. The van der Waals surface area contributed by atoms with E-state index in [1.54, 1.807) is 30.3 Å². The molecular weight excluding hydrogens is 410 g/mol. The number of benzene rings is 2. The summed E-state index contributed by atoms with van der Waals surface area (Å²) >= 11 is 3.30. The summed E-state index contributed by atoms with van der Waals surface area (Å²) in [6, 6.07) is 11.2. The van der Waals surface area contributed by atoms with Crippen molar-refractivity contribution in [2.75, 3.05) is 5.32 Å². The predicted molar refractivity (Wildman–Crippen MR) is 97.9 cm³/mol. The van der Waals surface area contributed by atoms with Gasteiger partial charge in [-0.3, -0.25) is 10.1 Å². The highest BCUT2D eigenvalue weighted by atomic mass is 79.9. The second-order valence-corrected chi connectivity index (χ2v) is 8.38. The number of nitro groups is 1. The number of nitrogens with zero attached hydrogens (tertiary/aromatic N) is 1. The van der Waals surface area contributed by atoms with Gasteiger partial charge < -0.3 is 5.32 Å². The highest BCUT2D eigenvalue weighted by Crippen LogP contribution is 2.27. The minimum Gasteiger partial charge on any atom is -0.380 e. The van der Waals surface area contributed by atoms with Crippen LogP contribution in [-0.4, -0.2) is 19.4 Å². The van der Waals surface area contributed by atoms with Crippen molar-refractivity contribution in [3.05, 3.63) is 62.6 Å². The first-order chi connectivity index (χ1) is 11.8. The third-order valence-electron chi connectivity index (χ3n) is 3.78. The smallest absolute Gasteiger partial charge is 0.270 e. The van der Waals surface area contributed by atoms with Gasteiger partial charge in [0.25, 0.3) is 5.69 Å². The topological polar surface area (TPSA) is 101 Å². The monoisotopic (exact) mass is 425 g/mol. The Morgan fingerprint density at radius 1 is 1.16 bits per heavy atom. The lowest BCUT2D eigenvalue weighted by molar-refractivity contribution is -0.384. The molecular formula is C16H16BrN3O4S. The molecule has 7 nitrogen and oxygen atoms in total. The molecule has 25 heavy (non-hydrogen) atoms. The van der Waals surface area contributed by atoms with Gasteiger partial charge in [-0.1, -0.05) is 12.1 Å². The Hall–Kier alpha value is -1.97. The number of hydrogen-bond donors (Lipinski definition) is 2. The van der Waals surface area contributed by atoms with Crippen LogP contribution in [-0.2, 0) is 16.6 Å². The Balaban J connectivity index is 1.65. The van der Waals surface area contributed by atoms with Gasteiger partial charge in [0.1, 0.15) is 0 Å². The lowest BCUT2D eigenvalue weighted by atomic mass is 10.2. The van der Waals surface area contributed by atoms with Crippen LogP contribution in [0.1, 0.15) is 18.4 Å². The number of hydrogen-bond acceptors (Lipinski definition) is 5. The second-order valence-electron chi connectivity index (χ2n) is 5.81. The van der Waals surface area contributed by atoms with E-state index in [0.29, 0.717) is 11.0 Å². The Morgan fingerprint density at radius 2 is 1.84 bits per heavy atom. The van der Waals surface area contributed by atoms with E-state index < -0.39 is 14.9 Å². The first kappa shape index (κ1) is 17.8. The van der Waals surface area contributed by atoms with Crippen LogP contribution in [0.15, 0.2) is 51.8 Å². The molecule has 2 aromatic carbocycles. The molecule has 9 heteroatoms. The molecule has 2 N–H and O–H groups in total. The van der Waals surface area contributed by atoms with E-state index in [0.717, 1.165) is 24.1 Å². The van der Waals surface area contributed by atoms with Crippen molar-refractivity contribution in [3.8, 4) is 0 Å². The van der Waals surface area contributed by atoms with Gasteiger partial charge in [-0.25, -0.2) is 13.1 Å². The number of rotatable bonds is 7. The van der Waals surface area contributed by atoms with Crippen molar-refractivity contribution >= 4 is 37.3 Å². The molecule has 0 aliphatic heterocycles. The maximum Gasteiger partial charge on any atom is 0.270 e. The highest BCUT2D eigenvalue weighted by Gasteiger charge is 2.27. The molecule has 0 amide bonds. The Kier molecular flexibility index (Phi) is 5.07. The fraction of sp³-hybridized carbons (Fsp3) is 0.250. The van der Waals surface area contributed by atoms with Crippen LogP contribution in [0.2, 0.25) is 0 Å². The summed E-state index contributed by atoms with van der Waals surface area (Å²) < 4.78 is 27.5. The van der Waals surface area contributed by atoms with E-state index in [-0.39, 0.29) is 16.6 Å². The van der Waals surface area contributed by atoms with Crippen LogP contribution in [0.25, 0.3) is 0 Å². The number of nitrogens with one attached hydrogen (secondary N) is 2. The SMILES string of the molecule is O=[N+]([O-])c1ccc(NCc2ccc(S(=O)(=O)NC3CC3)cc2)c(Br)c1. The van der Waals surface area contributed by atoms with E-state index in [2.05, 4.69) is 26.0 Å². The maximum absolute atomic E-state index is 12.1. The van der Waals surface area contributed by atoms with Crippen LogP contribution >= 0.6 is 15.9 Å². The van der Waals surface area contributed by atoms with Crippen LogP contribution < -0.4 is 10.0 Å². The summed E-state index contributed by atoms with van der Waals surface area (Å²) in [5.41, 5.74) is 1.63. The van der Waals surface area contributed by atoms with Crippen molar-refractivity contribution in [2.24, 2.45) is 0 Å². The van der Waals surface area contributed by atoms with Crippen molar-refractivity contribution in [2.45, 2.75) is 30.3 Å². The molecule has 0 heterocycles. The van der Waals surface area contributed by atoms with Crippen LogP contribution in [0.3, 0.4) is 0 Å². The van der Waals surface area contributed by atoms with Crippen molar-refractivity contribution in [1.82, 2.24) is 4.72 Å². The van der Waals surface area contributed by atoms with Gasteiger partial charge in [0.15, 0.2) is 0 Å². The van der Waals surface area contributed by atoms with Crippen molar-refractivity contribution < 1.29 is 13.3 Å². The van der Waals surface area contributed by atoms with Crippen molar-refractivity contribution in [3.63, 3.8) is 0 Å². The van der Waals surface area contributed by atoms with Crippen LogP contribution in [0.4, 0.5) is 11.4 Å². The van der Waals surface area contributed by atoms with Gasteiger partial charge in [-0.05, 0) is 52.5 Å². The van der Waals surface area contributed by atoms with Gasteiger partial charge in [0.05, 0.1) is 9.82 Å². The lowest BCUT2D eigenvalue weighted by Gasteiger charge is -2.10. The zero-order valence-corrected chi connectivity index (χ0v) is 15.5. The molecule has 3 rings (SSSR count). The number of anilines is 1. The van der Waals surface area contributed by atoms with Crippen LogP contribution in [0, 0.1) is 10.1 Å². The average Bonchev–Trinajstić information content (AvgIpc) is 3.37. The van der Waals surface area contributed by atoms with Gasteiger partial charge >= 0.3 is 0 Å². The molecule has 0 saturated heterocycles. The second kappa shape index (κ2) is 7.11. The highest BCUT2D eigenvalue weighted by molar-refractivity contribution is 9.10. The quantitative estimate of drug-likeness (QED) is 0.522. The predicted octanol–water partition coefficient (Wildman–Crippen LogP) is 3.41. The standard InChI is InChI=1S/C16H16BrN3O4S/c17-15-9-13(20(21)22)5-8-16(15)18-10-11-1-6-14(7-2-11)25(23,24)19-12-3-4-12/h1-2,5-9,12,18-19H,3-4,10H2. The number of halogens is 1. The van der Waals surface area contributed by atoms with E-state index in [1.165, 1.54) is 12.1 Å². The number of sulfonamides is 1. The Morgan fingerprint density at radius 3 is 2.40 bits per heavy atom. The molecule has 1 aliphatic carbocycles. The van der Waals surface area contributed by atoms with E-state index in [4.69, 9.17) is 0 Å². The van der Waals surface area contributed by atoms with E-state index in [1.807, 2.05) is 0 Å². The molecule has 0 atom stereocenters. The van der Waals surface area contributed by atoms with E-state index in [9.17, 15) is 18.5 Å². The summed E-state index contributed by atoms with van der Waals surface area (Å²) in [6.07, 6.45) is 1.79. The fourth-order valence-corrected chi connectivity index (χ4v) is 4.05. The zero-order chi connectivity index (χ0) is 18.0.